The van der Waals surface area contributed by atoms with Crippen LogP contribution in [0.15, 0.2) is 0 Å². The van der Waals surface area contributed by atoms with E-state index in [0.717, 1.165) is 12.8 Å². The highest BCUT2D eigenvalue weighted by Gasteiger charge is 2.25. The molecule has 0 spiro atoms. The highest BCUT2D eigenvalue weighted by molar-refractivity contribution is 5.76. The van der Waals surface area contributed by atoms with E-state index >= 15 is 0 Å². The van der Waals surface area contributed by atoms with E-state index in [0.29, 0.717) is 32.6 Å². The van der Waals surface area contributed by atoms with Crippen molar-refractivity contribution in [3.8, 4) is 0 Å². The number of rotatable bonds is 12. The molecule has 0 aliphatic rings. The molecule has 0 saturated heterocycles. The molecule has 5 nitrogen and oxygen atoms in total. The van der Waals surface area contributed by atoms with Crippen molar-refractivity contribution >= 4 is 5.91 Å². The number of hydrogen-bond donors (Lipinski definition) is 2. The van der Waals surface area contributed by atoms with Crippen molar-refractivity contribution < 1.29 is 14.3 Å². The molecule has 0 aromatic rings. The van der Waals surface area contributed by atoms with Crippen LogP contribution in [0.4, 0.5) is 0 Å². The lowest BCUT2D eigenvalue weighted by molar-refractivity contribution is -0.124. The van der Waals surface area contributed by atoms with Gasteiger partial charge < -0.3 is 20.5 Å². The van der Waals surface area contributed by atoms with E-state index in [9.17, 15) is 4.79 Å². The van der Waals surface area contributed by atoms with Gasteiger partial charge in [0, 0.05) is 25.2 Å². The summed E-state index contributed by atoms with van der Waals surface area (Å²) < 4.78 is 11.5. The van der Waals surface area contributed by atoms with Gasteiger partial charge in [-0.15, -0.1) is 0 Å². The molecule has 5 heteroatoms. The van der Waals surface area contributed by atoms with Crippen LogP contribution < -0.4 is 11.1 Å². The number of amides is 1. The molecular formula is C18H38N2O3. The summed E-state index contributed by atoms with van der Waals surface area (Å²) in [5.74, 6) is 0.0593. The lowest BCUT2D eigenvalue weighted by Crippen LogP contribution is -2.45. The second-order valence-corrected chi connectivity index (χ2v) is 8.02. The number of nitrogens with two attached hydrogens (primary N) is 1. The van der Waals surface area contributed by atoms with Crippen LogP contribution in [0, 0.1) is 0 Å². The lowest BCUT2D eigenvalue weighted by Gasteiger charge is -2.31. The fraction of sp³-hybridized carbons (Fsp3) is 0.944. The second-order valence-electron chi connectivity index (χ2n) is 8.02. The molecule has 0 aliphatic carbocycles. The second kappa shape index (κ2) is 9.60. The molecule has 0 aliphatic heterocycles. The van der Waals surface area contributed by atoms with Crippen molar-refractivity contribution in [2.24, 2.45) is 5.73 Å². The summed E-state index contributed by atoms with van der Waals surface area (Å²) in [5, 5.41) is 3.09. The van der Waals surface area contributed by atoms with Gasteiger partial charge in [0.1, 0.15) is 0 Å². The summed E-state index contributed by atoms with van der Waals surface area (Å²) in [4.78, 5) is 12.1. The predicted molar refractivity (Wildman–Crippen MR) is 95.5 cm³/mol. The van der Waals surface area contributed by atoms with E-state index in [1.165, 1.54) is 0 Å². The predicted octanol–water partition coefficient (Wildman–Crippen LogP) is 3.01. The number of hydrogen-bond acceptors (Lipinski definition) is 4. The summed E-state index contributed by atoms with van der Waals surface area (Å²) in [5.41, 5.74) is 4.82. The van der Waals surface area contributed by atoms with Crippen LogP contribution in [0.25, 0.3) is 0 Å². The maximum Gasteiger partial charge on any atom is 0.220 e. The van der Waals surface area contributed by atoms with Gasteiger partial charge in [-0.1, -0.05) is 0 Å². The van der Waals surface area contributed by atoms with E-state index in [4.69, 9.17) is 15.2 Å². The fourth-order valence-corrected chi connectivity index (χ4v) is 2.38. The zero-order chi connectivity index (χ0) is 18.1. The van der Waals surface area contributed by atoms with Gasteiger partial charge in [-0.3, -0.25) is 4.79 Å². The van der Waals surface area contributed by atoms with E-state index in [1.54, 1.807) is 0 Å². The van der Waals surface area contributed by atoms with Gasteiger partial charge in [0.05, 0.1) is 11.2 Å². The third kappa shape index (κ3) is 11.5. The van der Waals surface area contributed by atoms with Gasteiger partial charge in [-0.05, 0) is 74.3 Å². The molecule has 1 amide bonds. The third-order valence-electron chi connectivity index (χ3n) is 3.93. The SMILES string of the molecule is CCOC(C)(C)CCC(=O)NC(C)(C)CCOC(C)(C)CCN. The fourth-order valence-electron chi connectivity index (χ4n) is 2.38. The van der Waals surface area contributed by atoms with Crippen LogP contribution in [-0.2, 0) is 14.3 Å². The Morgan fingerprint density at radius 2 is 1.52 bits per heavy atom. The largest absolute Gasteiger partial charge is 0.376 e. The van der Waals surface area contributed by atoms with E-state index in [1.807, 2.05) is 48.5 Å². The van der Waals surface area contributed by atoms with Crippen LogP contribution in [0.3, 0.4) is 0 Å². The van der Waals surface area contributed by atoms with Crippen molar-refractivity contribution in [2.75, 3.05) is 19.8 Å². The molecule has 0 aromatic carbocycles. The van der Waals surface area contributed by atoms with E-state index in [-0.39, 0.29) is 22.6 Å². The van der Waals surface area contributed by atoms with Crippen LogP contribution in [0.5, 0.6) is 0 Å². The van der Waals surface area contributed by atoms with Crippen molar-refractivity contribution in [1.82, 2.24) is 5.32 Å². The normalized spacial score (nSPS) is 13.2. The maximum absolute atomic E-state index is 12.1. The van der Waals surface area contributed by atoms with Crippen molar-refractivity contribution in [3.05, 3.63) is 0 Å². The first kappa shape index (κ1) is 22.4. The lowest BCUT2D eigenvalue weighted by atomic mass is 9.98. The zero-order valence-corrected chi connectivity index (χ0v) is 16.3. The maximum atomic E-state index is 12.1. The molecule has 0 atom stereocenters. The summed E-state index contributed by atoms with van der Waals surface area (Å²) in [6.07, 6.45) is 2.77. The van der Waals surface area contributed by atoms with Crippen molar-refractivity contribution in [3.63, 3.8) is 0 Å². The molecule has 0 rings (SSSR count). The van der Waals surface area contributed by atoms with Gasteiger partial charge in [0.2, 0.25) is 5.91 Å². The molecule has 0 saturated carbocycles. The summed E-state index contributed by atoms with van der Waals surface area (Å²) in [6.45, 7) is 16.0. The first-order valence-corrected chi connectivity index (χ1v) is 8.72. The Bertz CT molecular complexity index is 352. The van der Waals surface area contributed by atoms with Crippen LogP contribution in [0.1, 0.15) is 74.1 Å². The molecule has 0 aromatic heterocycles. The van der Waals surface area contributed by atoms with Crippen LogP contribution in [-0.4, -0.2) is 42.4 Å². The highest BCUT2D eigenvalue weighted by Crippen LogP contribution is 2.19. The molecule has 0 unspecified atom stereocenters. The zero-order valence-electron chi connectivity index (χ0n) is 16.3. The Kier molecular flexibility index (Phi) is 9.33. The smallest absolute Gasteiger partial charge is 0.220 e. The summed E-state index contributed by atoms with van der Waals surface area (Å²) >= 11 is 0. The Morgan fingerprint density at radius 1 is 0.957 bits per heavy atom. The van der Waals surface area contributed by atoms with E-state index in [2.05, 4.69) is 5.32 Å². The minimum Gasteiger partial charge on any atom is -0.376 e. The Balaban J connectivity index is 4.18. The van der Waals surface area contributed by atoms with Gasteiger partial charge >= 0.3 is 0 Å². The third-order valence-corrected chi connectivity index (χ3v) is 3.93. The highest BCUT2D eigenvalue weighted by atomic mass is 16.5. The standard InChI is InChI=1S/C18H38N2O3/c1-8-22-17(4,5)10-9-15(21)20-16(2,3)12-14-23-18(6,7)11-13-19/h8-14,19H2,1-7H3,(H,20,21). The average molecular weight is 331 g/mol. The van der Waals surface area contributed by atoms with Crippen molar-refractivity contribution in [2.45, 2.75) is 90.9 Å². The summed E-state index contributed by atoms with van der Waals surface area (Å²) in [6, 6.07) is 0. The van der Waals surface area contributed by atoms with Gasteiger partial charge in [0.25, 0.3) is 0 Å². The topological polar surface area (TPSA) is 73.6 Å². The number of carbonyl (C=O) groups is 1. The first-order chi connectivity index (χ1) is 10.4. The molecule has 0 fully saturated rings. The van der Waals surface area contributed by atoms with Crippen LogP contribution >= 0.6 is 0 Å². The molecule has 0 heterocycles. The number of carbonyl (C=O) groups excluding carboxylic acids is 1. The molecule has 0 bridgehead atoms. The van der Waals surface area contributed by atoms with Gasteiger partial charge in [-0.25, -0.2) is 0 Å². The van der Waals surface area contributed by atoms with Crippen molar-refractivity contribution in [1.29, 1.82) is 0 Å². The Labute approximate surface area is 142 Å². The quantitative estimate of drug-likeness (QED) is 0.577. The Morgan fingerprint density at radius 3 is 2.04 bits per heavy atom. The van der Waals surface area contributed by atoms with Crippen LogP contribution in [0.2, 0.25) is 0 Å². The first-order valence-electron chi connectivity index (χ1n) is 8.72. The van der Waals surface area contributed by atoms with Gasteiger partial charge in [0.15, 0.2) is 0 Å². The monoisotopic (exact) mass is 330 g/mol. The van der Waals surface area contributed by atoms with Gasteiger partial charge in [-0.2, -0.15) is 0 Å². The minimum absolute atomic E-state index is 0.0593. The molecular weight excluding hydrogens is 292 g/mol. The number of nitrogens with one attached hydrogen (secondary N) is 1. The molecule has 138 valence electrons. The molecule has 0 radical (unpaired) electrons. The molecule has 23 heavy (non-hydrogen) atoms. The summed E-state index contributed by atoms with van der Waals surface area (Å²) in [7, 11) is 0. The average Bonchev–Trinajstić information content (AvgIpc) is 2.35. The number of ether oxygens (including phenoxy) is 2. The Hall–Kier alpha value is -0.650. The minimum atomic E-state index is -0.286. The van der Waals surface area contributed by atoms with E-state index < -0.39 is 0 Å². The molecule has 3 N–H and O–H groups in total.